The van der Waals surface area contributed by atoms with E-state index in [1.54, 1.807) is 30.6 Å². The van der Waals surface area contributed by atoms with Crippen molar-refractivity contribution in [3.05, 3.63) is 53.3 Å². The molecule has 1 heterocycles. The highest BCUT2D eigenvalue weighted by atomic mass is 35.5. The van der Waals surface area contributed by atoms with Gasteiger partial charge in [-0.15, -0.1) is 0 Å². The SMILES string of the molecule is O=C(O)c1ccc(Nc2ccncc2)c(Cl)c1. The van der Waals surface area contributed by atoms with Gasteiger partial charge in [-0.25, -0.2) is 4.79 Å². The summed E-state index contributed by atoms with van der Waals surface area (Å²) in [7, 11) is 0. The van der Waals surface area contributed by atoms with E-state index >= 15 is 0 Å². The van der Waals surface area contributed by atoms with Crippen LogP contribution in [-0.4, -0.2) is 16.1 Å². The van der Waals surface area contributed by atoms with E-state index in [9.17, 15) is 4.79 Å². The first kappa shape index (κ1) is 11.4. The standard InChI is InChI=1S/C12H9ClN2O2/c13-10-7-8(12(16)17)1-2-11(10)15-9-3-5-14-6-4-9/h1-7H,(H,14,15)(H,16,17). The number of rotatable bonds is 3. The van der Waals surface area contributed by atoms with Gasteiger partial charge in [-0.1, -0.05) is 11.6 Å². The van der Waals surface area contributed by atoms with E-state index in [0.29, 0.717) is 10.7 Å². The number of hydrogen-bond donors (Lipinski definition) is 2. The molecule has 5 heteroatoms. The molecule has 0 spiro atoms. The molecule has 0 saturated carbocycles. The third kappa shape index (κ3) is 2.73. The molecule has 0 fully saturated rings. The molecule has 0 unspecified atom stereocenters. The van der Waals surface area contributed by atoms with Gasteiger partial charge in [0.2, 0.25) is 0 Å². The van der Waals surface area contributed by atoms with Crippen molar-refractivity contribution in [3.63, 3.8) is 0 Å². The Bertz CT molecular complexity index is 543. The maximum Gasteiger partial charge on any atom is 0.335 e. The highest BCUT2D eigenvalue weighted by Gasteiger charge is 2.06. The summed E-state index contributed by atoms with van der Waals surface area (Å²) in [6.45, 7) is 0. The Morgan fingerprint density at radius 2 is 1.94 bits per heavy atom. The number of nitrogens with zero attached hydrogens (tertiary/aromatic N) is 1. The number of pyridine rings is 1. The molecule has 0 saturated heterocycles. The van der Waals surface area contributed by atoms with Crippen LogP contribution < -0.4 is 5.32 Å². The lowest BCUT2D eigenvalue weighted by Gasteiger charge is -2.08. The maximum absolute atomic E-state index is 10.7. The molecule has 0 atom stereocenters. The van der Waals surface area contributed by atoms with Crippen LogP contribution in [0, 0.1) is 0 Å². The van der Waals surface area contributed by atoms with E-state index < -0.39 is 5.97 Å². The van der Waals surface area contributed by atoms with Crippen LogP contribution in [0.1, 0.15) is 10.4 Å². The predicted octanol–water partition coefficient (Wildman–Crippen LogP) is 3.18. The first-order chi connectivity index (χ1) is 8.16. The van der Waals surface area contributed by atoms with Crippen LogP contribution in [0.25, 0.3) is 0 Å². The zero-order valence-electron chi connectivity index (χ0n) is 8.72. The molecule has 0 aliphatic carbocycles. The van der Waals surface area contributed by atoms with Crippen molar-refractivity contribution in [1.82, 2.24) is 4.98 Å². The Labute approximate surface area is 103 Å². The van der Waals surface area contributed by atoms with Gasteiger partial charge in [0.1, 0.15) is 0 Å². The van der Waals surface area contributed by atoms with E-state index in [4.69, 9.17) is 16.7 Å². The minimum absolute atomic E-state index is 0.162. The van der Waals surface area contributed by atoms with Crippen molar-refractivity contribution >= 4 is 28.9 Å². The smallest absolute Gasteiger partial charge is 0.335 e. The Morgan fingerprint density at radius 1 is 1.24 bits per heavy atom. The van der Waals surface area contributed by atoms with Crippen LogP contribution in [0.5, 0.6) is 0 Å². The summed E-state index contributed by atoms with van der Waals surface area (Å²) in [6.07, 6.45) is 3.31. The third-order valence-corrected chi connectivity index (χ3v) is 2.49. The van der Waals surface area contributed by atoms with Crippen LogP contribution in [0.4, 0.5) is 11.4 Å². The second-order valence-electron chi connectivity index (χ2n) is 3.36. The lowest BCUT2D eigenvalue weighted by molar-refractivity contribution is 0.0697. The van der Waals surface area contributed by atoms with Crippen LogP contribution in [0.3, 0.4) is 0 Å². The number of hydrogen-bond acceptors (Lipinski definition) is 3. The van der Waals surface area contributed by atoms with Crippen molar-refractivity contribution in [2.24, 2.45) is 0 Å². The van der Waals surface area contributed by atoms with Crippen molar-refractivity contribution < 1.29 is 9.90 Å². The number of carboxylic acid groups (broad SMARTS) is 1. The van der Waals surface area contributed by atoms with Gasteiger partial charge in [-0.3, -0.25) is 4.98 Å². The van der Waals surface area contributed by atoms with E-state index in [-0.39, 0.29) is 5.56 Å². The summed E-state index contributed by atoms with van der Waals surface area (Å²) in [5.74, 6) is -0.998. The summed E-state index contributed by atoms with van der Waals surface area (Å²) in [5.41, 5.74) is 1.66. The molecule has 1 aromatic carbocycles. The minimum Gasteiger partial charge on any atom is -0.478 e. The lowest BCUT2D eigenvalue weighted by atomic mass is 10.2. The van der Waals surface area contributed by atoms with Gasteiger partial charge >= 0.3 is 5.97 Å². The molecule has 0 radical (unpaired) electrons. The number of carboxylic acids is 1. The van der Waals surface area contributed by atoms with Crippen LogP contribution in [0.15, 0.2) is 42.7 Å². The monoisotopic (exact) mass is 248 g/mol. The predicted molar refractivity (Wildman–Crippen MR) is 65.9 cm³/mol. The van der Waals surface area contributed by atoms with Gasteiger partial charge < -0.3 is 10.4 Å². The number of aromatic carboxylic acids is 1. The highest BCUT2D eigenvalue weighted by molar-refractivity contribution is 6.33. The summed E-state index contributed by atoms with van der Waals surface area (Å²) in [5, 5.41) is 12.2. The molecule has 0 amide bonds. The average Bonchev–Trinajstić information content (AvgIpc) is 2.33. The van der Waals surface area contributed by atoms with Gasteiger partial charge in [-0.05, 0) is 30.3 Å². The second-order valence-corrected chi connectivity index (χ2v) is 3.77. The summed E-state index contributed by atoms with van der Waals surface area (Å²) in [4.78, 5) is 14.6. The first-order valence-electron chi connectivity index (χ1n) is 4.87. The fourth-order valence-electron chi connectivity index (χ4n) is 1.34. The van der Waals surface area contributed by atoms with E-state index in [1.165, 1.54) is 12.1 Å². The van der Waals surface area contributed by atoms with Gasteiger partial charge in [0.25, 0.3) is 0 Å². The molecule has 4 nitrogen and oxygen atoms in total. The Kier molecular flexibility index (Phi) is 3.25. The molecule has 2 N–H and O–H groups in total. The van der Waals surface area contributed by atoms with Gasteiger partial charge in [-0.2, -0.15) is 0 Å². The van der Waals surface area contributed by atoms with Gasteiger partial charge in [0.15, 0.2) is 0 Å². The van der Waals surface area contributed by atoms with Crippen molar-refractivity contribution in [1.29, 1.82) is 0 Å². The van der Waals surface area contributed by atoms with E-state index in [0.717, 1.165) is 5.69 Å². The maximum atomic E-state index is 10.7. The van der Waals surface area contributed by atoms with Gasteiger partial charge in [0, 0.05) is 18.1 Å². The molecular formula is C12H9ClN2O2. The van der Waals surface area contributed by atoms with Crippen molar-refractivity contribution in [3.8, 4) is 0 Å². The quantitative estimate of drug-likeness (QED) is 0.876. The molecule has 2 rings (SSSR count). The molecule has 0 aliphatic heterocycles. The second kappa shape index (κ2) is 4.84. The zero-order valence-corrected chi connectivity index (χ0v) is 9.48. The first-order valence-corrected chi connectivity index (χ1v) is 5.24. The normalized spacial score (nSPS) is 9.94. The highest BCUT2D eigenvalue weighted by Crippen LogP contribution is 2.26. The number of anilines is 2. The average molecular weight is 249 g/mol. The van der Waals surface area contributed by atoms with Crippen molar-refractivity contribution in [2.75, 3.05) is 5.32 Å². The number of aromatic nitrogens is 1. The number of carbonyl (C=O) groups is 1. The Balaban J connectivity index is 2.26. The van der Waals surface area contributed by atoms with Crippen LogP contribution in [0.2, 0.25) is 5.02 Å². The van der Waals surface area contributed by atoms with Crippen LogP contribution in [-0.2, 0) is 0 Å². The van der Waals surface area contributed by atoms with E-state index in [1.807, 2.05) is 0 Å². The number of nitrogens with one attached hydrogen (secondary N) is 1. The summed E-state index contributed by atoms with van der Waals surface area (Å²) >= 11 is 5.98. The zero-order chi connectivity index (χ0) is 12.3. The fraction of sp³-hybridized carbons (Fsp3) is 0. The van der Waals surface area contributed by atoms with E-state index in [2.05, 4.69) is 10.3 Å². The van der Waals surface area contributed by atoms with Gasteiger partial charge in [0.05, 0.1) is 16.3 Å². The molecular weight excluding hydrogens is 240 g/mol. The fourth-order valence-corrected chi connectivity index (χ4v) is 1.57. The molecule has 1 aromatic heterocycles. The summed E-state index contributed by atoms with van der Waals surface area (Å²) in [6, 6.07) is 8.13. The third-order valence-electron chi connectivity index (χ3n) is 2.18. The molecule has 17 heavy (non-hydrogen) atoms. The molecule has 0 bridgehead atoms. The topological polar surface area (TPSA) is 62.2 Å². The molecule has 0 aliphatic rings. The molecule has 86 valence electrons. The Morgan fingerprint density at radius 3 is 2.53 bits per heavy atom. The van der Waals surface area contributed by atoms with Crippen molar-refractivity contribution in [2.45, 2.75) is 0 Å². The lowest BCUT2D eigenvalue weighted by Crippen LogP contribution is -1.97. The molecule has 2 aromatic rings. The number of halogens is 1. The Hall–Kier alpha value is -2.07. The summed E-state index contributed by atoms with van der Waals surface area (Å²) < 4.78 is 0. The van der Waals surface area contributed by atoms with Crippen LogP contribution >= 0.6 is 11.6 Å². The largest absolute Gasteiger partial charge is 0.478 e. The minimum atomic E-state index is -0.998. The number of benzene rings is 1.